The number of methoxy groups -OCH3 is 1. The lowest BCUT2D eigenvalue weighted by atomic mass is 10.2. The number of amides is 2. The zero-order chi connectivity index (χ0) is 22.3. The van der Waals surface area contributed by atoms with Gasteiger partial charge in [0.25, 0.3) is 0 Å². The molecule has 0 radical (unpaired) electrons. The van der Waals surface area contributed by atoms with E-state index < -0.39 is 12.1 Å². The van der Waals surface area contributed by atoms with Gasteiger partial charge in [0.2, 0.25) is 11.7 Å². The van der Waals surface area contributed by atoms with Gasteiger partial charge in [-0.15, -0.1) is 0 Å². The zero-order valence-corrected chi connectivity index (χ0v) is 17.4. The van der Waals surface area contributed by atoms with Crippen molar-refractivity contribution >= 4 is 11.8 Å². The average molecular weight is 431 g/mol. The molecule has 32 heavy (non-hydrogen) atoms. The lowest BCUT2D eigenvalue weighted by molar-refractivity contribution is 0.236. The van der Waals surface area contributed by atoms with Crippen molar-refractivity contribution in [2.24, 2.45) is 0 Å². The van der Waals surface area contributed by atoms with Crippen LogP contribution < -0.4 is 20.9 Å². The minimum absolute atomic E-state index is 0.273. The number of rotatable bonds is 7. The molecule has 10 nitrogen and oxygen atoms in total. The van der Waals surface area contributed by atoms with Gasteiger partial charge >= 0.3 is 6.03 Å². The van der Waals surface area contributed by atoms with E-state index in [-0.39, 0.29) is 5.89 Å². The van der Waals surface area contributed by atoms with Crippen LogP contribution in [0.25, 0.3) is 22.6 Å². The van der Waals surface area contributed by atoms with Gasteiger partial charge in [-0.3, -0.25) is 15.8 Å². The Labute approximate surface area is 184 Å². The van der Waals surface area contributed by atoms with Gasteiger partial charge in [0, 0.05) is 23.5 Å². The molecular formula is C22H21N7O3. The number of carbonyl (C=O) groups excluding carboxylic acids is 1. The van der Waals surface area contributed by atoms with Crippen LogP contribution in [0, 0.1) is 0 Å². The number of pyridine rings is 2. The second kappa shape index (κ2) is 9.56. The minimum Gasteiger partial charge on any atom is -0.497 e. The molecule has 1 atom stereocenters. The third kappa shape index (κ3) is 4.98. The SMILES string of the molecule is COc1cccc(-c2noc(C(C)NC(=O)NNc3cccc(-c4cccnc4)n3)n2)c1. The molecule has 0 saturated carbocycles. The molecule has 0 aliphatic rings. The summed E-state index contributed by atoms with van der Waals surface area (Å²) >= 11 is 0. The number of aromatic nitrogens is 4. The van der Waals surface area contributed by atoms with Crippen LogP contribution in [0.4, 0.5) is 10.6 Å². The molecule has 0 bridgehead atoms. The standard InChI is InChI=1S/C22H21N7O3/c1-14(21-26-20(29-32-21)15-6-3-8-17(12-15)31-2)24-22(30)28-27-19-10-4-9-18(25-19)16-7-5-11-23-13-16/h3-14H,1-2H3,(H,25,27)(H2,24,28,30). The van der Waals surface area contributed by atoms with Gasteiger partial charge in [0.15, 0.2) is 0 Å². The van der Waals surface area contributed by atoms with Crippen molar-refractivity contribution < 1.29 is 14.1 Å². The van der Waals surface area contributed by atoms with Crippen LogP contribution in [-0.2, 0) is 0 Å². The smallest absolute Gasteiger partial charge is 0.334 e. The predicted octanol–water partition coefficient (Wildman–Crippen LogP) is 3.59. The molecule has 3 heterocycles. The second-order valence-corrected chi connectivity index (χ2v) is 6.78. The summed E-state index contributed by atoms with van der Waals surface area (Å²) in [7, 11) is 1.59. The first-order chi connectivity index (χ1) is 15.6. The van der Waals surface area contributed by atoms with Crippen LogP contribution in [0.3, 0.4) is 0 Å². The number of nitrogens with zero attached hydrogens (tertiary/aromatic N) is 4. The fraction of sp³-hybridized carbons (Fsp3) is 0.136. The zero-order valence-electron chi connectivity index (χ0n) is 17.4. The number of anilines is 1. The van der Waals surface area contributed by atoms with E-state index in [4.69, 9.17) is 9.26 Å². The van der Waals surface area contributed by atoms with Crippen LogP contribution in [-0.4, -0.2) is 33.2 Å². The highest BCUT2D eigenvalue weighted by molar-refractivity contribution is 5.75. The molecule has 0 saturated heterocycles. The highest BCUT2D eigenvalue weighted by atomic mass is 16.5. The van der Waals surface area contributed by atoms with Crippen LogP contribution in [0.2, 0.25) is 0 Å². The van der Waals surface area contributed by atoms with Crippen molar-refractivity contribution in [3.63, 3.8) is 0 Å². The molecule has 0 aliphatic heterocycles. The maximum atomic E-state index is 12.3. The average Bonchev–Trinajstić information content (AvgIpc) is 3.34. The van der Waals surface area contributed by atoms with Crippen molar-refractivity contribution in [1.82, 2.24) is 30.9 Å². The molecule has 1 unspecified atom stereocenters. The summed E-state index contributed by atoms with van der Waals surface area (Å²) in [5.74, 6) is 1.84. The van der Waals surface area contributed by atoms with Gasteiger partial charge in [-0.05, 0) is 43.3 Å². The molecule has 0 aliphatic carbocycles. The van der Waals surface area contributed by atoms with Crippen LogP contribution in [0.5, 0.6) is 5.75 Å². The summed E-state index contributed by atoms with van der Waals surface area (Å²) in [5, 5.41) is 6.71. The van der Waals surface area contributed by atoms with E-state index in [9.17, 15) is 4.79 Å². The van der Waals surface area contributed by atoms with Gasteiger partial charge in [0.05, 0.1) is 12.8 Å². The van der Waals surface area contributed by atoms with Gasteiger partial charge in [-0.1, -0.05) is 23.4 Å². The Morgan fingerprint density at radius 3 is 2.72 bits per heavy atom. The van der Waals surface area contributed by atoms with E-state index in [0.717, 1.165) is 16.8 Å². The Kier molecular flexibility index (Phi) is 6.21. The first-order valence-corrected chi connectivity index (χ1v) is 9.80. The van der Waals surface area contributed by atoms with Gasteiger partial charge in [-0.25, -0.2) is 9.78 Å². The molecule has 3 N–H and O–H groups in total. The van der Waals surface area contributed by atoms with Crippen molar-refractivity contribution in [3.05, 3.63) is 72.9 Å². The third-order valence-corrected chi connectivity index (χ3v) is 4.50. The fourth-order valence-electron chi connectivity index (χ4n) is 2.89. The van der Waals surface area contributed by atoms with E-state index in [1.165, 1.54) is 0 Å². The van der Waals surface area contributed by atoms with Crippen molar-refractivity contribution in [3.8, 4) is 28.4 Å². The summed E-state index contributed by atoms with van der Waals surface area (Å²) in [6.07, 6.45) is 3.42. The molecule has 3 aromatic heterocycles. The van der Waals surface area contributed by atoms with E-state index in [1.807, 2.05) is 42.5 Å². The van der Waals surface area contributed by atoms with Crippen molar-refractivity contribution in [2.45, 2.75) is 13.0 Å². The van der Waals surface area contributed by atoms with E-state index >= 15 is 0 Å². The number of nitrogens with one attached hydrogen (secondary N) is 3. The van der Waals surface area contributed by atoms with E-state index in [2.05, 4.69) is 36.3 Å². The minimum atomic E-state index is -0.515. The molecule has 0 fully saturated rings. The Morgan fingerprint density at radius 2 is 1.91 bits per heavy atom. The summed E-state index contributed by atoms with van der Waals surface area (Å²) in [4.78, 5) is 25.2. The quantitative estimate of drug-likeness (QED) is 0.379. The lowest BCUT2D eigenvalue weighted by Crippen LogP contribution is -2.40. The van der Waals surface area contributed by atoms with E-state index in [1.54, 1.807) is 38.6 Å². The summed E-state index contributed by atoms with van der Waals surface area (Å²) < 4.78 is 10.5. The monoisotopic (exact) mass is 431 g/mol. The number of urea groups is 1. The van der Waals surface area contributed by atoms with Gasteiger partial charge in [0.1, 0.15) is 17.6 Å². The van der Waals surface area contributed by atoms with Gasteiger partial charge in [-0.2, -0.15) is 4.98 Å². The van der Waals surface area contributed by atoms with E-state index in [0.29, 0.717) is 17.4 Å². The molecule has 162 valence electrons. The summed E-state index contributed by atoms with van der Waals surface area (Å²) in [6.45, 7) is 1.74. The topological polar surface area (TPSA) is 127 Å². The molecular weight excluding hydrogens is 410 g/mol. The molecule has 4 aromatic rings. The normalized spacial score (nSPS) is 11.4. The summed E-state index contributed by atoms with van der Waals surface area (Å²) in [6, 6.07) is 15.5. The summed E-state index contributed by atoms with van der Waals surface area (Å²) in [5.41, 5.74) is 7.68. The maximum Gasteiger partial charge on any atom is 0.334 e. The highest BCUT2D eigenvalue weighted by Crippen LogP contribution is 2.22. The Morgan fingerprint density at radius 1 is 1.06 bits per heavy atom. The highest BCUT2D eigenvalue weighted by Gasteiger charge is 2.17. The Bertz CT molecular complexity index is 1200. The number of hydrazine groups is 1. The lowest BCUT2D eigenvalue weighted by Gasteiger charge is -2.12. The fourth-order valence-corrected chi connectivity index (χ4v) is 2.89. The third-order valence-electron chi connectivity index (χ3n) is 4.50. The van der Waals surface area contributed by atoms with Crippen molar-refractivity contribution in [2.75, 3.05) is 12.5 Å². The number of benzene rings is 1. The molecule has 2 amide bonds. The number of carbonyl (C=O) groups is 1. The molecule has 1 aromatic carbocycles. The molecule has 10 heteroatoms. The van der Waals surface area contributed by atoms with Crippen LogP contribution >= 0.6 is 0 Å². The molecule has 4 rings (SSSR count). The molecule has 0 spiro atoms. The Hall–Kier alpha value is -4.47. The first-order valence-electron chi connectivity index (χ1n) is 9.80. The predicted molar refractivity (Wildman–Crippen MR) is 117 cm³/mol. The van der Waals surface area contributed by atoms with Gasteiger partial charge < -0.3 is 14.6 Å². The van der Waals surface area contributed by atoms with Crippen LogP contribution in [0.15, 0.2) is 71.5 Å². The van der Waals surface area contributed by atoms with Crippen molar-refractivity contribution in [1.29, 1.82) is 0 Å². The maximum absolute atomic E-state index is 12.3. The Balaban J connectivity index is 1.34. The number of hydrogen-bond donors (Lipinski definition) is 3. The number of ether oxygens (including phenoxy) is 1. The number of hydrogen-bond acceptors (Lipinski definition) is 8. The van der Waals surface area contributed by atoms with Crippen LogP contribution in [0.1, 0.15) is 18.9 Å². The largest absolute Gasteiger partial charge is 0.497 e. The first kappa shape index (κ1) is 20.8. The second-order valence-electron chi connectivity index (χ2n) is 6.78.